The summed E-state index contributed by atoms with van der Waals surface area (Å²) in [6.45, 7) is 2.13. The molecule has 138 valence electrons. The summed E-state index contributed by atoms with van der Waals surface area (Å²) in [7, 11) is 0. The number of hydrazine groups is 1. The van der Waals surface area contributed by atoms with Gasteiger partial charge in [0.15, 0.2) is 11.5 Å². The molecular formula is C20H25N3O3. The summed E-state index contributed by atoms with van der Waals surface area (Å²) < 4.78 is 6.43. The van der Waals surface area contributed by atoms with E-state index in [-0.39, 0.29) is 23.6 Å². The number of rotatable bonds is 2. The van der Waals surface area contributed by atoms with Crippen molar-refractivity contribution in [3.63, 3.8) is 0 Å². The largest absolute Gasteiger partial charge is 0.504 e. The van der Waals surface area contributed by atoms with Gasteiger partial charge in [0.05, 0.1) is 11.0 Å². The Hall–Kier alpha value is -1.34. The zero-order chi connectivity index (χ0) is 17.3. The fraction of sp³-hybridized carbons (Fsp3) is 0.700. The molecule has 4 N–H and O–H groups in total. The second kappa shape index (κ2) is 4.22. The number of nitrogens with one attached hydrogen (secondary N) is 2. The van der Waals surface area contributed by atoms with Crippen LogP contribution in [0.5, 0.6) is 11.5 Å². The number of hydrogen-bond acceptors (Lipinski definition) is 6. The summed E-state index contributed by atoms with van der Waals surface area (Å²) in [6.07, 6.45) is 5.89. The molecule has 0 radical (unpaired) electrons. The van der Waals surface area contributed by atoms with E-state index in [2.05, 4.69) is 21.8 Å². The Morgan fingerprint density at radius 1 is 1.19 bits per heavy atom. The Morgan fingerprint density at radius 2 is 2.04 bits per heavy atom. The van der Waals surface area contributed by atoms with Gasteiger partial charge in [-0.2, -0.15) is 0 Å². The third-order valence-electron chi connectivity index (χ3n) is 8.31. The number of aliphatic hydroxyl groups is 1. The lowest BCUT2D eigenvalue weighted by molar-refractivity contribution is -0.194. The molecule has 1 aromatic carbocycles. The van der Waals surface area contributed by atoms with Gasteiger partial charge in [-0.1, -0.05) is 6.07 Å². The summed E-state index contributed by atoms with van der Waals surface area (Å²) in [5.41, 5.74) is 7.55. The first-order chi connectivity index (χ1) is 12.6. The van der Waals surface area contributed by atoms with Crippen LogP contribution in [0.2, 0.25) is 0 Å². The lowest BCUT2D eigenvalue weighted by Gasteiger charge is -2.64. The topological polar surface area (TPSA) is 96.8 Å². The minimum Gasteiger partial charge on any atom is -0.504 e. The number of ether oxygens (including phenoxy) is 1. The average Bonchev–Trinajstić information content (AvgIpc) is 3.54. The van der Waals surface area contributed by atoms with Gasteiger partial charge >= 0.3 is 0 Å². The molecule has 3 heterocycles. The highest BCUT2D eigenvalue weighted by Crippen LogP contribution is 2.67. The zero-order valence-electron chi connectivity index (χ0n) is 14.8. The number of nitrogens with zero attached hydrogens (tertiary/aromatic N) is 1. The van der Waals surface area contributed by atoms with Crippen LogP contribution in [0.3, 0.4) is 0 Å². The van der Waals surface area contributed by atoms with Gasteiger partial charge in [0.25, 0.3) is 0 Å². The van der Waals surface area contributed by atoms with Crippen LogP contribution in [-0.2, 0) is 11.8 Å². The predicted molar refractivity (Wildman–Crippen MR) is 93.8 cm³/mol. The molecular weight excluding hydrogens is 330 g/mol. The molecule has 26 heavy (non-hydrogen) atoms. The lowest BCUT2D eigenvalue weighted by atomic mass is 9.48. The summed E-state index contributed by atoms with van der Waals surface area (Å²) in [4.78, 5) is 2.57. The van der Waals surface area contributed by atoms with E-state index in [1.54, 1.807) is 6.07 Å². The molecule has 3 aliphatic carbocycles. The SMILES string of the molecule is Oc1ccc2c3c1OC1C4(CCC5(O)C(C2)N(CC2CC2)CCC315)NN4. The first-order valence-electron chi connectivity index (χ1n) is 10.1. The first-order valence-corrected chi connectivity index (χ1v) is 10.1. The molecule has 4 atom stereocenters. The van der Waals surface area contributed by atoms with Gasteiger partial charge < -0.3 is 14.9 Å². The molecule has 0 aromatic heterocycles. The van der Waals surface area contributed by atoms with Crippen LogP contribution in [0, 0.1) is 5.92 Å². The molecule has 4 unspecified atom stereocenters. The van der Waals surface area contributed by atoms with Crippen molar-refractivity contribution in [3.8, 4) is 11.5 Å². The smallest absolute Gasteiger partial charge is 0.165 e. The van der Waals surface area contributed by atoms with Gasteiger partial charge in [0.1, 0.15) is 11.8 Å². The van der Waals surface area contributed by atoms with E-state index in [9.17, 15) is 10.2 Å². The van der Waals surface area contributed by atoms with Gasteiger partial charge in [-0.3, -0.25) is 4.90 Å². The maximum atomic E-state index is 12.2. The standard InChI is InChI=1S/C20H25N3O3/c24-13-4-3-12-9-14-19(25)5-6-20(21-22-20)17-18(19,15(12)16(13)26-17)7-8-23(14)10-11-1-2-11/h3-4,11,14,17,21-22,24-25H,1-2,5-10H2. The number of phenols is 1. The van der Waals surface area contributed by atoms with Gasteiger partial charge in [0, 0.05) is 18.2 Å². The Balaban J connectivity index is 1.46. The summed E-state index contributed by atoms with van der Waals surface area (Å²) in [5.74, 6) is 1.66. The molecule has 7 rings (SSSR count). The summed E-state index contributed by atoms with van der Waals surface area (Å²) in [6, 6.07) is 3.99. The van der Waals surface area contributed by atoms with Crippen molar-refractivity contribution < 1.29 is 14.9 Å². The van der Waals surface area contributed by atoms with E-state index in [0.29, 0.717) is 5.75 Å². The average molecular weight is 355 g/mol. The van der Waals surface area contributed by atoms with Crippen LogP contribution in [-0.4, -0.2) is 51.6 Å². The van der Waals surface area contributed by atoms with Crippen LogP contribution >= 0.6 is 0 Å². The second-order valence-corrected chi connectivity index (χ2v) is 9.47. The van der Waals surface area contributed by atoms with Crippen molar-refractivity contribution in [2.75, 3.05) is 13.1 Å². The van der Waals surface area contributed by atoms with E-state index in [1.807, 2.05) is 0 Å². The van der Waals surface area contributed by atoms with Crippen LogP contribution < -0.4 is 15.6 Å². The molecule has 2 saturated carbocycles. The van der Waals surface area contributed by atoms with Crippen LogP contribution in [0.4, 0.5) is 0 Å². The van der Waals surface area contributed by atoms with E-state index < -0.39 is 11.0 Å². The maximum Gasteiger partial charge on any atom is 0.165 e. The third-order valence-corrected chi connectivity index (χ3v) is 8.31. The normalized spacial score (nSPS) is 43.9. The van der Waals surface area contributed by atoms with Gasteiger partial charge in [-0.25, -0.2) is 10.9 Å². The molecule has 1 aromatic rings. The van der Waals surface area contributed by atoms with Crippen molar-refractivity contribution >= 4 is 0 Å². The molecule has 6 heteroatoms. The Morgan fingerprint density at radius 3 is 2.81 bits per heavy atom. The molecule has 4 fully saturated rings. The number of benzene rings is 1. The minimum absolute atomic E-state index is 0.155. The van der Waals surface area contributed by atoms with E-state index in [0.717, 1.165) is 50.3 Å². The zero-order valence-corrected chi connectivity index (χ0v) is 14.8. The van der Waals surface area contributed by atoms with Crippen molar-refractivity contribution in [1.29, 1.82) is 0 Å². The molecule has 2 bridgehead atoms. The highest BCUT2D eigenvalue weighted by Gasteiger charge is 2.78. The minimum atomic E-state index is -0.784. The monoisotopic (exact) mass is 355 g/mol. The third kappa shape index (κ3) is 1.45. The summed E-state index contributed by atoms with van der Waals surface area (Å²) >= 11 is 0. The number of likely N-dealkylation sites (tertiary alicyclic amines) is 1. The number of aromatic hydroxyl groups is 1. The first kappa shape index (κ1) is 14.7. The van der Waals surface area contributed by atoms with Crippen molar-refractivity contribution in [2.24, 2.45) is 5.92 Å². The van der Waals surface area contributed by atoms with Crippen LogP contribution in [0.15, 0.2) is 12.1 Å². The Labute approximate surface area is 152 Å². The van der Waals surface area contributed by atoms with Gasteiger partial charge in [-0.05, 0) is 62.6 Å². The number of fused-ring (bicyclic) bond motifs is 1. The number of phenolic OH excluding ortho intramolecular Hbond substituents is 1. The fourth-order valence-corrected chi connectivity index (χ4v) is 6.85. The van der Waals surface area contributed by atoms with Gasteiger partial charge in [-0.15, -0.1) is 0 Å². The lowest BCUT2D eigenvalue weighted by Crippen LogP contribution is -2.78. The molecule has 6 aliphatic rings. The Kier molecular flexibility index (Phi) is 2.38. The van der Waals surface area contributed by atoms with Gasteiger partial charge in [0.2, 0.25) is 0 Å². The Bertz CT molecular complexity index is 836. The summed E-state index contributed by atoms with van der Waals surface area (Å²) in [5, 5.41) is 22.7. The molecule has 2 saturated heterocycles. The maximum absolute atomic E-state index is 12.2. The fourth-order valence-electron chi connectivity index (χ4n) is 6.85. The molecule has 6 nitrogen and oxygen atoms in total. The second-order valence-electron chi connectivity index (χ2n) is 9.47. The predicted octanol–water partition coefficient (Wildman–Crippen LogP) is 0.760. The highest BCUT2D eigenvalue weighted by atomic mass is 16.5. The van der Waals surface area contributed by atoms with Crippen molar-refractivity contribution in [1.82, 2.24) is 15.8 Å². The van der Waals surface area contributed by atoms with E-state index >= 15 is 0 Å². The van der Waals surface area contributed by atoms with Crippen LogP contribution in [0.25, 0.3) is 0 Å². The van der Waals surface area contributed by atoms with Crippen molar-refractivity contribution in [2.45, 2.75) is 67.3 Å². The molecule has 2 spiro atoms. The molecule has 3 aliphatic heterocycles. The van der Waals surface area contributed by atoms with E-state index in [4.69, 9.17) is 4.74 Å². The highest BCUT2D eigenvalue weighted by molar-refractivity contribution is 5.63. The number of hydrogen-bond donors (Lipinski definition) is 4. The van der Waals surface area contributed by atoms with E-state index in [1.165, 1.54) is 18.4 Å². The van der Waals surface area contributed by atoms with Crippen LogP contribution in [0.1, 0.15) is 43.2 Å². The van der Waals surface area contributed by atoms with Crippen molar-refractivity contribution in [3.05, 3.63) is 23.3 Å². The number of piperidine rings is 1. The quantitative estimate of drug-likeness (QED) is 0.585. The molecule has 0 amide bonds.